The van der Waals surface area contributed by atoms with Crippen LogP contribution < -0.4 is 10.6 Å². The first-order valence-electron chi connectivity index (χ1n) is 4.37. The van der Waals surface area contributed by atoms with Crippen molar-refractivity contribution in [1.29, 1.82) is 0 Å². The fraction of sp³-hybridized carbons (Fsp3) is 0.875. The molecule has 0 aromatic carbocycles. The van der Waals surface area contributed by atoms with Crippen LogP contribution in [-0.2, 0) is 9.53 Å². The molecular formula is C8H18N2O3. The molecule has 1 amide bonds. The number of hydrogen-bond donors (Lipinski definition) is 3. The largest absolute Gasteiger partial charge is 0.389 e. The highest BCUT2D eigenvalue weighted by atomic mass is 16.5. The first kappa shape index (κ1) is 12.3. The van der Waals surface area contributed by atoms with Gasteiger partial charge in [0, 0.05) is 20.2 Å². The highest BCUT2D eigenvalue weighted by molar-refractivity contribution is 5.77. The molecule has 0 aliphatic carbocycles. The van der Waals surface area contributed by atoms with Crippen LogP contribution in [0.5, 0.6) is 0 Å². The van der Waals surface area contributed by atoms with Gasteiger partial charge in [0.25, 0.3) is 0 Å². The zero-order valence-corrected chi connectivity index (χ0v) is 8.17. The Bertz CT molecular complexity index is 141. The molecule has 0 spiro atoms. The maximum absolute atomic E-state index is 10.7. The Labute approximate surface area is 78.5 Å². The lowest BCUT2D eigenvalue weighted by Crippen LogP contribution is -2.37. The monoisotopic (exact) mass is 190 g/mol. The number of likely N-dealkylation sites (N-methyl/N-ethyl adjacent to an activating group) is 1. The number of amides is 1. The molecule has 0 bridgehead atoms. The van der Waals surface area contributed by atoms with E-state index in [4.69, 9.17) is 4.74 Å². The summed E-state index contributed by atoms with van der Waals surface area (Å²) in [6, 6.07) is 0. The van der Waals surface area contributed by atoms with E-state index in [1.54, 1.807) is 7.05 Å². The second-order valence-electron chi connectivity index (χ2n) is 2.62. The van der Waals surface area contributed by atoms with Gasteiger partial charge in [-0.3, -0.25) is 4.79 Å². The van der Waals surface area contributed by atoms with Crippen molar-refractivity contribution in [2.45, 2.75) is 13.0 Å². The maximum atomic E-state index is 10.7. The number of aliphatic hydroxyl groups is 1. The molecule has 0 aliphatic heterocycles. The molecule has 0 saturated heterocycles. The third-order valence-electron chi connectivity index (χ3n) is 1.46. The van der Waals surface area contributed by atoms with E-state index in [0.29, 0.717) is 19.8 Å². The molecule has 5 nitrogen and oxygen atoms in total. The van der Waals surface area contributed by atoms with Crippen molar-refractivity contribution >= 4 is 5.91 Å². The minimum absolute atomic E-state index is 0.0939. The SMILES string of the molecule is CCOCC(O)CNCC(=O)NC. The lowest BCUT2D eigenvalue weighted by molar-refractivity contribution is -0.119. The first-order chi connectivity index (χ1) is 6.20. The van der Waals surface area contributed by atoms with Gasteiger partial charge in [0.05, 0.1) is 19.3 Å². The lowest BCUT2D eigenvalue weighted by atomic mass is 10.4. The quantitative estimate of drug-likeness (QED) is 0.467. The molecule has 0 aromatic rings. The maximum Gasteiger partial charge on any atom is 0.233 e. The van der Waals surface area contributed by atoms with E-state index < -0.39 is 6.10 Å². The van der Waals surface area contributed by atoms with Crippen LogP contribution in [0.4, 0.5) is 0 Å². The van der Waals surface area contributed by atoms with Crippen LogP contribution in [0.15, 0.2) is 0 Å². The average Bonchev–Trinajstić information content (AvgIpc) is 2.14. The number of hydrogen-bond acceptors (Lipinski definition) is 4. The number of ether oxygens (including phenoxy) is 1. The standard InChI is InChI=1S/C8H18N2O3/c1-3-13-6-7(11)4-10-5-8(12)9-2/h7,10-11H,3-6H2,1-2H3,(H,9,12). The molecule has 0 aliphatic rings. The molecule has 0 aromatic heterocycles. The summed E-state index contributed by atoms with van der Waals surface area (Å²) in [4.78, 5) is 10.7. The Balaban J connectivity index is 3.26. The van der Waals surface area contributed by atoms with Crippen LogP contribution >= 0.6 is 0 Å². The highest BCUT2D eigenvalue weighted by Crippen LogP contribution is 1.82. The van der Waals surface area contributed by atoms with Gasteiger partial charge in [-0.1, -0.05) is 0 Å². The fourth-order valence-corrected chi connectivity index (χ4v) is 0.754. The van der Waals surface area contributed by atoms with Gasteiger partial charge in [-0.15, -0.1) is 0 Å². The van der Waals surface area contributed by atoms with Crippen molar-refractivity contribution in [2.75, 3.05) is 33.4 Å². The molecule has 3 N–H and O–H groups in total. The summed E-state index contributed by atoms with van der Waals surface area (Å²) >= 11 is 0. The van der Waals surface area contributed by atoms with Gasteiger partial charge < -0.3 is 20.5 Å². The molecule has 5 heteroatoms. The van der Waals surface area contributed by atoms with E-state index >= 15 is 0 Å². The van der Waals surface area contributed by atoms with Gasteiger partial charge in [-0.2, -0.15) is 0 Å². The van der Waals surface area contributed by atoms with Crippen molar-refractivity contribution in [3.63, 3.8) is 0 Å². The predicted molar refractivity (Wildman–Crippen MR) is 49.4 cm³/mol. The summed E-state index contributed by atoms with van der Waals surface area (Å²) in [6.45, 7) is 3.35. The van der Waals surface area contributed by atoms with Crippen LogP contribution in [0.3, 0.4) is 0 Å². The lowest BCUT2D eigenvalue weighted by Gasteiger charge is -2.10. The average molecular weight is 190 g/mol. The van der Waals surface area contributed by atoms with E-state index in [9.17, 15) is 9.90 Å². The molecule has 1 atom stereocenters. The summed E-state index contributed by atoms with van der Waals surface area (Å²) in [5.74, 6) is -0.0939. The van der Waals surface area contributed by atoms with E-state index in [2.05, 4.69) is 10.6 Å². The number of aliphatic hydroxyl groups excluding tert-OH is 1. The van der Waals surface area contributed by atoms with Gasteiger partial charge in [-0.25, -0.2) is 0 Å². The summed E-state index contributed by atoms with van der Waals surface area (Å²) in [5, 5.41) is 14.5. The van der Waals surface area contributed by atoms with Crippen LogP contribution in [-0.4, -0.2) is 50.5 Å². The van der Waals surface area contributed by atoms with Crippen molar-refractivity contribution in [3.8, 4) is 0 Å². The van der Waals surface area contributed by atoms with Crippen LogP contribution in [0.25, 0.3) is 0 Å². The van der Waals surface area contributed by atoms with E-state index in [-0.39, 0.29) is 12.5 Å². The molecule has 0 radical (unpaired) electrons. The third-order valence-corrected chi connectivity index (χ3v) is 1.46. The Kier molecular flexibility index (Phi) is 7.57. The van der Waals surface area contributed by atoms with Crippen LogP contribution in [0.2, 0.25) is 0 Å². The molecule has 0 fully saturated rings. The fourth-order valence-electron chi connectivity index (χ4n) is 0.754. The minimum atomic E-state index is -0.551. The number of rotatable bonds is 7. The second-order valence-corrected chi connectivity index (χ2v) is 2.62. The van der Waals surface area contributed by atoms with E-state index in [1.165, 1.54) is 0 Å². The van der Waals surface area contributed by atoms with Gasteiger partial charge in [-0.05, 0) is 6.92 Å². The van der Waals surface area contributed by atoms with Crippen molar-refractivity contribution in [3.05, 3.63) is 0 Å². The Morgan fingerprint density at radius 1 is 1.62 bits per heavy atom. The summed E-state index contributed by atoms with van der Waals surface area (Å²) < 4.78 is 4.99. The Morgan fingerprint density at radius 3 is 2.85 bits per heavy atom. The number of carbonyl (C=O) groups is 1. The number of carbonyl (C=O) groups excluding carboxylic acids is 1. The Hall–Kier alpha value is -0.650. The van der Waals surface area contributed by atoms with E-state index in [1.807, 2.05) is 6.92 Å². The smallest absolute Gasteiger partial charge is 0.233 e. The molecule has 1 unspecified atom stereocenters. The number of nitrogens with one attached hydrogen (secondary N) is 2. The van der Waals surface area contributed by atoms with Crippen molar-refractivity contribution in [1.82, 2.24) is 10.6 Å². The topological polar surface area (TPSA) is 70.6 Å². The molecule has 0 heterocycles. The normalized spacial score (nSPS) is 12.5. The second kappa shape index (κ2) is 7.97. The first-order valence-corrected chi connectivity index (χ1v) is 4.37. The van der Waals surface area contributed by atoms with Crippen molar-refractivity contribution in [2.24, 2.45) is 0 Å². The Morgan fingerprint density at radius 2 is 2.31 bits per heavy atom. The van der Waals surface area contributed by atoms with E-state index in [0.717, 1.165) is 0 Å². The van der Waals surface area contributed by atoms with Gasteiger partial charge in [0.15, 0.2) is 0 Å². The molecule has 13 heavy (non-hydrogen) atoms. The highest BCUT2D eigenvalue weighted by Gasteiger charge is 2.03. The van der Waals surface area contributed by atoms with Crippen molar-refractivity contribution < 1.29 is 14.6 Å². The third kappa shape index (κ3) is 7.70. The predicted octanol–water partition coefficient (Wildman–Crippen LogP) is -1.28. The molecule has 0 saturated carbocycles. The summed E-state index contributed by atoms with van der Waals surface area (Å²) in [7, 11) is 1.57. The molecular weight excluding hydrogens is 172 g/mol. The summed E-state index contributed by atoms with van der Waals surface area (Å²) in [5.41, 5.74) is 0. The van der Waals surface area contributed by atoms with Crippen LogP contribution in [0, 0.1) is 0 Å². The van der Waals surface area contributed by atoms with Gasteiger partial charge in [0.2, 0.25) is 5.91 Å². The van der Waals surface area contributed by atoms with Gasteiger partial charge in [0.1, 0.15) is 0 Å². The van der Waals surface area contributed by atoms with Gasteiger partial charge >= 0.3 is 0 Å². The zero-order valence-electron chi connectivity index (χ0n) is 8.17. The molecule has 78 valence electrons. The zero-order chi connectivity index (χ0) is 10.1. The van der Waals surface area contributed by atoms with Crippen LogP contribution in [0.1, 0.15) is 6.92 Å². The summed E-state index contributed by atoms with van der Waals surface area (Å²) in [6.07, 6.45) is -0.551. The molecule has 0 rings (SSSR count). The minimum Gasteiger partial charge on any atom is -0.389 e.